The summed E-state index contributed by atoms with van der Waals surface area (Å²) in [6.45, 7) is 5.86. The van der Waals surface area contributed by atoms with E-state index in [9.17, 15) is 14.7 Å². The maximum atomic E-state index is 11.7. The highest BCUT2D eigenvalue weighted by molar-refractivity contribution is 6.39. The molecular weight excluding hydrogens is 268 g/mol. The molecule has 1 aromatic rings. The summed E-state index contributed by atoms with van der Waals surface area (Å²) in [4.78, 5) is 23.4. The lowest BCUT2D eigenvalue weighted by Crippen LogP contribution is -2.44. The standard InChI is InChI=1S/C16H24N2O3/c1-12(2)9-10-16(3,21)11-17-14(19)15(20)18-13-7-5-4-6-8-13/h4-8,12,21H,9-11H2,1-3H3,(H,17,19)(H,18,20)/t16-/m0/s1. The van der Waals surface area contributed by atoms with E-state index < -0.39 is 17.4 Å². The first-order valence-electron chi connectivity index (χ1n) is 7.17. The van der Waals surface area contributed by atoms with Crippen molar-refractivity contribution < 1.29 is 14.7 Å². The summed E-state index contributed by atoms with van der Waals surface area (Å²) in [5.74, 6) is -1.00. The first-order chi connectivity index (χ1) is 9.80. The van der Waals surface area contributed by atoms with E-state index in [1.807, 2.05) is 6.07 Å². The van der Waals surface area contributed by atoms with Gasteiger partial charge in [-0.05, 0) is 37.8 Å². The van der Waals surface area contributed by atoms with Crippen molar-refractivity contribution in [2.75, 3.05) is 11.9 Å². The van der Waals surface area contributed by atoms with Crippen molar-refractivity contribution in [1.82, 2.24) is 5.32 Å². The Bertz CT molecular complexity index is 470. The number of benzene rings is 1. The second-order valence-electron chi connectivity index (χ2n) is 5.93. The van der Waals surface area contributed by atoms with Gasteiger partial charge in [0, 0.05) is 12.2 Å². The van der Waals surface area contributed by atoms with E-state index in [2.05, 4.69) is 24.5 Å². The van der Waals surface area contributed by atoms with Gasteiger partial charge in [0.2, 0.25) is 0 Å². The lowest BCUT2D eigenvalue weighted by molar-refractivity contribution is -0.136. The Morgan fingerprint density at radius 2 is 1.81 bits per heavy atom. The number of para-hydroxylation sites is 1. The summed E-state index contributed by atoms with van der Waals surface area (Å²) in [7, 11) is 0. The normalized spacial score (nSPS) is 13.6. The van der Waals surface area contributed by atoms with E-state index in [-0.39, 0.29) is 6.54 Å². The van der Waals surface area contributed by atoms with E-state index in [1.54, 1.807) is 31.2 Å². The number of aliphatic hydroxyl groups is 1. The van der Waals surface area contributed by atoms with E-state index in [0.29, 0.717) is 18.0 Å². The third-order valence-electron chi connectivity index (χ3n) is 3.13. The number of hydrogen-bond donors (Lipinski definition) is 3. The molecule has 2 amide bonds. The Morgan fingerprint density at radius 3 is 2.38 bits per heavy atom. The lowest BCUT2D eigenvalue weighted by atomic mass is 9.95. The first-order valence-corrected chi connectivity index (χ1v) is 7.17. The minimum Gasteiger partial charge on any atom is -0.388 e. The minimum atomic E-state index is -1.01. The molecule has 1 rings (SSSR count). The number of hydrogen-bond acceptors (Lipinski definition) is 3. The molecule has 0 aliphatic carbocycles. The molecule has 0 bridgehead atoms. The predicted molar refractivity (Wildman–Crippen MR) is 82.8 cm³/mol. The number of nitrogens with one attached hydrogen (secondary N) is 2. The van der Waals surface area contributed by atoms with Crippen LogP contribution < -0.4 is 10.6 Å². The molecule has 3 N–H and O–H groups in total. The topological polar surface area (TPSA) is 78.4 Å². The van der Waals surface area contributed by atoms with Gasteiger partial charge in [-0.25, -0.2) is 0 Å². The molecule has 116 valence electrons. The second-order valence-corrected chi connectivity index (χ2v) is 5.93. The van der Waals surface area contributed by atoms with Gasteiger partial charge in [0.25, 0.3) is 0 Å². The lowest BCUT2D eigenvalue weighted by Gasteiger charge is -2.24. The molecule has 21 heavy (non-hydrogen) atoms. The van der Waals surface area contributed by atoms with Crippen molar-refractivity contribution in [2.24, 2.45) is 5.92 Å². The Kier molecular flexibility index (Phi) is 6.37. The van der Waals surface area contributed by atoms with Gasteiger partial charge in [0.1, 0.15) is 0 Å². The Hall–Kier alpha value is -1.88. The van der Waals surface area contributed by atoms with E-state index in [4.69, 9.17) is 0 Å². The molecule has 5 nitrogen and oxygen atoms in total. The molecule has 1 aromatic carbocycles. The summed E-state index contributed by atoms with van der Waals surface area (Å²) >= 11 is 0. The van der Waals surface area contributed by atoms with Gasteiger partial charge < -0.3 is 15.7 Å². The van der Waals surface area contributed by atoms with Crippen molar-refractivity contribution in [3.63, 3.8) is 0 Å². The summed E-state index contributed by atoms with van der Waals surface area (Å²) in [5, 5.41) is 15.1. The van der Waals surface area contributed by atoms with Crippen LogP contribution >= 0.6 is 0 Å². The predicted octanol–water partition coefficient (Wildman–Crippen LogP) is 1.93. The zero-order valence-electron chi connectivity index (χ0n) is 12.8. The van der Waals surface area contributed by atoms with Gasteiger partial charge in [-0.3, -0.25) is 9.59 Å². The smallest absolute Gasteiger partial charge is 0.313 e. The van der Waals surface area contributed by atoms with Gasteiger partial charge in [-0.2, -0.15) is 0 Å². The van der Waals surface area contributed by atoms with Crippen LogP contribution in [-0.2, 0) is 9.59 Å². The first kappa shape index (κ1) is 17.2. The zero-order chi connectivity index (χ0) is 15.9. The van der Waals surface area contributed by atoms with Crippen LogP contribution in [0.3, 0.4) is 0 Å². The summed E-state index contributed by atoms with van der Waals surface area (Å²) in [6, 6.07) is 8.75. The number of carbonyl (C=O) groups excluding carboxylic acids is 2. The third kappa shape index (κ3) is 6.90. The summed E-state index contributed by atoms with van der Waals surface area (Å²) < 4.78 is 0. The zero-order valence-corrected chi connectivity index (χ0v) is 12.8. The van der Waals surface area contributed by atoms with Crippen LogP contribution in [0.4, 0.5) is 5.69 Å². The van der Waals surface area contributed by atoms with E-state index >= 15 is 0 Å². The Balaban J connectivity index is 2.40. The second kappa shape index (κ2) is 7.78. The van der Waals surface area contributed by atoms with E-state index in [1.165, 1.54) is 0 Å². The van der Waals surface area contributed by atoms with Crippen LogP contribution in [0.15, 0.2) is 30.3 Å². The number of carbonyl (C=O) groups is 2. The SMILES string of the molecule is CC(C)CC[C@](C)(O)CNC(=O)C(=O)Nc1ccccc1. The molecule has 0 heterocycles. The third-order valence-corrected chi connectivity index (χ3v) is 3.13. The van der Waals surface area contributed by atoms with Crippen LogP contribution in [0.1, 0.15) is 33.6 Å². The number of rotatable bonds is 6. The molecule has 5 heteroatoms. The van der Waals surface area contributed by atoms with Crippen molar-refractivity contribution >= 4 is 17.5 Å². The molecule has 0 saturated heterocycles. The quantitative estimate of drug-likeness (QED) is 0.701. The van der Waals surface area contributed by atoms with Crippen LogP contribution in [0.2, 0.25) is 0 Å². The van der Waals surface area contributed by atoms with Crippen LogP contribution in [0, 0.1) is 5.92 Å². The Labute approximate surface area is 125 Å². The number of amides is 2. The molecule has 0 aliphatic rings. The fourth-order valence-electron chi connectivity index (χ4n) is 1.75. The summed E-state index contributed by atoms with van der Waals surface area (Å²) in [5.41, 5.74) is -0.448. The fraction of sp³-hybridized carbons (Fsp3) is 0.500. The highest BCUT2D eigenvalue weighted by Gasteiger charge is 2.23. The van der Waals surface area contributed by atoms with Gasteiger partial charge in [-0.1, -0.05) is 32.0 Å². The monoisotopic (exact) mass is 292 g/mol. The molecule has 0 saturated carbocycles. The maximum Gasteiger partial charge on any atom is 0.313 e. The maximum absolute atomic E-state index is 11.7. The molecule has 0 unspecified atom stereocenters. The van der Waals surface area contributed by atoms with Gasteiger partial charge in [-0.15, -0.1) is 0 Å². The molecule has 0 aliphatic heterocycles. The molecule has 1 atom stereocenters. The van der Waals surface area contributed by atoms with Gasteiger partial charge >= 0.3 is 11.8 Å². The van der Waals surface area contributed by atoms with Crippen LogP contribution in [0.5, 0.6) is 0 Å². The molecule has 0 radical (unpaired) electrons. The largest absolute Gasteiger partial charge is 0.388 e. The molecule has 0 fully saturated rings. The minimum absolute atomic E-state index is 0.0563. The average Bonchev–Trinajstić information content (AvgIpc) is 2.44. The molecule has 0 spiro atoms. The number of anilines is 1. The van der Waals surface area contributed by atoms with Crippen molar-refractivity contribution in [2.45, 2.75) is 39.2 Å². The Morgan fingerprint density at radius 1 is 1.19 bits per heavy atom. The van der Waals surface area contributed by atoms with Crippen molar-refractivity contribution in [3.05, 3.63) is 30.3 Å². The summed E-state index contributed by atoms with van der Waals surface area (Å²) in [6.07, 6.45) is 1.43. The van der Waals surface area contributed by atoms with Crippen LogP contribution in [0.25, 0.3) is 0 Å². The average molecular weight is 292 g/mol. The molecule has 0 aromatic heterocycles. The highest BCUT2D eigenvalue weighted by atomic mass is 16.3. The van der Waals surface area contributed by atoms with Crippen LogP contribution in [-0.4, -0.2) is 29.1 Å². The fourth-order valence-corrected chi connectivity index (χ4v) is 1.75. The van der Waals surface area contributed by atoms with E-state index in [0.717, 1.165) is 6.42 Å². The van der Waals surface area contributed by atoms with Gasteiger partial charge in [0.05, 0.1) is 5.60 Å². The highest BCUT2D eigenvalue weighted by Crippen LogP contribution is 2.15. The van der Waals surface area contributed by atoms with Crippen molar-refractivity contribution in [3.8, 4) is 0 Å². The van der Waals surface area contributed by atoms with Crippen molar-refractivity contribution in [1.29, 1.82) is 0 Å². The molecular formula is C16H24N2O3. The van der Waals surface area contributed by atoms with Gasteiger partial charge in [0.15, 0.2) is 0 Å².